The van der Waals surface area contributed by atoms with Gasteiger partial charge in [0.25, 0.3) is 0 Å². The van der Waals surface area contributed by atoms with Gasteiger partial charge in [0.05, 0.1) is 11.8 Å². The first-order chi connectivity index (χ1) is 6.13. The number of allylic oxidation sites excluding steroid dienone is 1. The number of amides is 2. The molecule has 13 heavy (non-hydrogen) atoms. The molecule has 2 amide bonds. The molecule has 2 unspecified atom stereocenters. The number of carbonyl (C=O) groups excluding carboxylic acids is 2. The summed E-state index contributed by atoms with van der Waals surface area (Å²) in [6, 6.07) is 0. The topological polar surface area (TPSA) is 37.4 Å². The van der Waals surface area contributed by atoms with Gasteiger partial charge in [-0.25, -0.2) is 0 Å². The second kappa shape index (κ2) is 3.56. The van der Waals surface area contributed by atoms with Crippen LogP contribution >= 0.6 is 0 Å². The lowest BCUT2D eigenvalue weighted by atomic mass is 9.95. The van der Waals surface area contributed by atoms with Crippen LogP contribution in [0, 0.1) is 11.8 Å². The minimum atomic E-state index is -0.381. The molecule has 1 rings (SSSR count). The van der Waals surface area contributed by atoms with Gasteiger partial charge in [-0.15, -0.1) is 6.58 Å². The van der Waals surface area contributed by atoms with Gasteiger partial charge >= 0.3 is 0 Å². The van der Waals surface area contributed by atoms with E-state index in [0.29, 0.717) is 0 Å². The number of imide groups is 1. The summed E-state index contributed by atoms with van der Waals surface area (Å²) in [5.41, 5.74) is 0. The Morgan fingerprint density at radius 3 is 2.31 bits per heavy atom. The van der Waals surface area contributed by atoms with Crippen molar-refractivity contribution in [1.29, 1.82) is 0 Å². The number of hydrogen-bond donors (Lipinski definition) is 0. The number of carbonyl (C=O) groups is 2. The smallest absolute Gasteiger partial charge is 0.236 e. The second-order valence-electron chi connectivity index (χ2n) is 3.05. The van der Waals surface area contributed by atoms with Crippen LogP contribution in [-0.4, -0.2) is 23.8 Å². The fourth-order valence-electron chi connectivity index (χ4n) is 1.52. The molecule has 1 heterocycles. The molecule has 0 saturated carbocycles. The molecule has 70 valence electrons. The Morgan fingerprint density at radius 2 is 1.85 bits per heavy atom. The lowest BCUT2D eigenvalue weighted by Crippen LogP contribution is -2.25. The van der Waals surface area contributed by atoms with Crippen LogP contribution in [-0.2, 0) is 9.59 Å². The molecule has 0 aromatic carbocycles. The third-order valence-corrected chi connectivity index (χ3v) is 2.27. The van der Waals surface area contributed by atoms with Crippen molar-refractivity contribution in [3.63, 3.8) is 0 Å². The van der Waals surface area contributed by atoms with E-state index in [1.165, 1.54) is 13.1 Å². The maximum absolute atomic E-state index is 11.5. The summed E-state index contributed by atoms with van der Waals surface area (Å²) in [5.74, 6) is -1.04. The van der Waals surface area contributed by atoms with Gasteiger partial charge in [0.1, 0.15) is 0 Å². The molecular formula is C10H13NO2. The van der Waals surface area contributed by atoms with Gasteiger partial charge in [-0.2, -0.15) is 0 Å². The highest BCUT2D eigenvalue weighted by Gasteiger charge is 2.42. The minimum Gasteiger partial charge on any atom is -0.285 e. The molecule has 3 nitrogen and oxygen atoms in total. The highest BCUT2D eigenvalue weighted by molar-refractivity contribution is 6.06. The molecule has 2 atom stereocenters. The van der Waals surface area contributed by atoms with Crippen LogP contribution in [0.25, 0.3) is 0 Å². The standard InChI is InChI=1S/C10H13NO2/c1-4-6-8-7(5-2)9(12)11(3)10(8)13/h4-8H,2H2,1,3H3/b6-4-. The summed E-state index contributed by atoms with van der Waals surface area (Å²) in [4.78, 5) is 24.1. The molecule has 0 N–H and O–H groups in total. The third-order valence-electron chi connectivity index (χ3n) is 2.27. The molecule has 0 spiro atoms. The van der Waals surface area contributed by atoms with Crippen LogP contribution in [0.5, 0.6) is 0 Å². The first-order valence-electron chi connectivity index (χ1n) is 4.20. The van der Waals surface area contributed by atoms with E-state index < -0.39 is 0 Å². The quantitative estimate of drug-likeness (QED) is 0.468. The summed E-state index contributed by atoms with van der Waals surface area (Å²) >= 11 is 0. The average Bonchev–Trinajstić information content (AvgIpc) is 2.32. The molecular weight excluding hydrogens is 166 g/mol. The van der Waals surface area contributed by atoms with Gasteiger partial charge in [0.15, 0.2) is 0 Å². The molecule has 0 aliphatic carbocycles. The van der Waals surface area contributed by atoms with Crippen LogP contribution in [0.15, 0.2) is 24.8 Å². The number of rotatable bonds is 2. The van der Waals surface area contributed by atoms with E-state index in [1.807, 2.05) is 6.92 Å². The number of likely N-dealkylation sites (tertiary alicyclic amines) is 1. The van der Waals surface area contributed by atoms with Crippen molar-refractivity contribution in [3.05, 3.63) is 24.8 Å². The molecule has 1 fully saturated rings. The molecule has 3 heteroatoms. The summed E-state index contributed by atoms with van der Waals surface area (Å²) in [7, 11) is 1.50. The Kier molecular flexibility index (Phi) is 2.66. The van der Waals surface area contributed by atoms with Gasteiger partial charge in [0, 0.05) is 7.05 Å². The molecule has 0 radical (unpaired) electrons. The van der Waals surface area contributed by atoms with Gasteiger partial charge in [0.2, 0.25) is 11.8 Å². The predicted octanol–water partition coefficient (Wildman–Crippen LogP) is 0.979. The number of hydrogen-bond acceptors (Lipinski definition) is 2. The van der Waals surface area contributed by atoms with Crippen molar-refractivity contribution < 1.29 is 9.59 Å². The number of nitrogens with zero attached hydrogens (tertiary/aromatic N) is 1. The highest BCUT2D eigenvalue weighted by Crippen LogP contribution is 2.26. The first kappa shape index (κ1) is 9.71. The Balaban J connectivity index is 3.00. The minimum absolute atomic E-state index is 0.145. The van der Waals surface area contributed by atoms with Crippen LogP contribution in [0.1, 0.15) is 6.92 Å². The lowest BCUT2D eigenvalue weighted by molar-refractivity contribution is -0.137. The third kappa shape index (κ3) is 1.41. The van der Waals surface area contributed by atoms with Crippen molar-refractivity contribution in [2.45, 2.75) is 6.92 Å². The SMILES string of the molecule is C=CC1C(=O)N(C)C(=O)C1/C=C\C. The van der Waals surface area contributed by atoms with E-state index in [0.717, 1.165) is 4.90 Å². The summed E-state index contributed by atoms with van der Waals surface area (Å²) < 4.78 is 0. The molecule has 0 aromatic rings. The fourth-order valence-corrected chi connectivity index (χ4v) is 1.52. The van der Waals surface area contributed by atoms with Gasteiger partial charge in [-0.1, -0.05) is 18.2 Å². The van der Waals surface area contributed by atoms with E-state index >= 15 is 0 Å². The Bertz CT molecular complexity index is 281. The zero-order valence-electron chi connectivity index (χ0n) is 7.86. The molecule has 1 saturated heterocycles. The fraction of sp³-hybridized carbons (Fsp3) is 0.400. The van der Waals surface area contributed by atoms with Crippen molar-refractivity contribution in [1.82, 2.24) is 4.90 Å². The van der Waals surface area contributed by atoms with E-state index in [9.17, 15) is 9.59 Å². The van der Waals surface area contributed by atoms with E-state index in [1.54, 1.807) is 12.2 Å². The van der Waals surface area contributed by atoms with E-state index in [4.69, 9.17) is 0 Å². The van der Waals surface area contributed by atoms with Crippen molar-refractivity contribution >= 4 is 11.8 Å². The van der Waals surface area contributed by atoms with Crippen molar-refractivity contribution in [3.8, 4) is 0 Å². The Labute approximate surface area is 77.7 Å². The Hall–Kier alpha value is -1.38. The summed E-state index contributed by atoms with van der Waals surface area (Å²) in [6.45, 7) is 5.39. The van der Waals surface area contributed by atoms with Crippen LogP contribution < -0.4 is 0 Å². The van der Waals surface area contributed by atoms with E-state index in [-0.39, 0.29) is 23.7 Å². The maximum Gasteiger partial charge on any atom is 0.236 e. The largest absolute Gasteiger partial charge is 0.285 e. The Morgan fingerprint density at radius 1 is 1.31 bits per heavy atom. The average molecular weight is 179 g/mol. The molecule has 1 aliphatic rings. The van der Waals surface area contributed by atoms with Gasteiger partial charge in [-0.3, -0.25) is 14.5 Å². The lowest BCUT2D eigenvalue weighted by Gasteiger charge is -2.04. The zero-order chi connectivity index (χ0) is 10.0. The van der Waals surface area contributed by atoms with E-state index in [2.05, 4.69) is 6.58 Å². The molecule has 0 bridgehead atoms. The maximum atomic E-state index is 11.5. The van der Waals surface area contributed by atoms with Gasteiger partial charge < -0.3 is 0 Å². The second-order valence-corrected chi connectivity index (χ2v) is 3.05. The van der Waals surface area contributed by atoms with Crippen LogP contribution in [0.2, 0.25) is 0 Å². The predicted molar refractivity (Wildman–Crippen MR) is 49.8 cm³/mol. The summed E-state index contributed by atoms with van der Waals surface area (Å²) in [5, 5.41) is 0. The van der Waals surface area contributed by atoms with Crippen LogP contribution in [0.4, 0.5) is 0 Å². The highest BCUT2D eigenvalue weighted by atomic mass is 16.2. The molecule has 1 aliphatic heterocycles. The van der Waals surface area contributed by atoms with Gasteiger partial charge in [-0.05, 0) is 6.92 Å². The van der Waals surface area contributed by atoms with Crippen LogP contribution in [0.3, 0.4) is 0 Å². The summed E-state index contributed by atoms with van der Waals surface area (Å²) in [6.07, 6.45) is 5.07. The monoisotopic (exact) mass is 179 g/mol. The normalized spacial score (nSPS) is 28.9. The van der Waals surface area contributed by atoms with Crippen molar-refractivity contribution in [2.75, 3.05) is 7.05 Å². The first-order valence-corrected chi connectivity index (χ1v) is 4.20. The van der Waals surface area contributed by atoms with Crippen molar-refractivity contribution in [2.24, 2.45) is 11.8 Å². The zero-order valence-corrected chi connectivity index (χ0v) is 7.86. The molecule has 0 aromatic heterocycles.